The molecule has 0 aliphatic heterocycles. The Labute approximate surface area is 378 Å². The van der Waals surface area contributed by atoms with Gasteiger partial charge < -0.3 is 61.3 Å². The second kappa shape index (κ2) is 26.2. The first-order chi connectivity index (χ1) is 27.8. The molecule has 10 atom stereocenters. The Bertz CT molecular complexity index is 1180. The van der Waals surface area contributed by atoms with Gasteiger partial charge in [-0.25, -0.2) is 0 Å². The molecule has 62 heavy (non-hydrogen) atoms. The minimum absolute atomic E-state index is 0.246. The average Bonchev–Trinajstić information content (AvgIpc) is 3.05. The molecule has 374 valence electrons. The molecule has 0 rings (SSSR count). The molecule has 0 aromatic carbocycles. The summed E-state index contributed by atoms with van der Waals surface area (Å²) in [5, 5.41) is 127. The van der Waals surface area contributed by atoms with E-state index in [0.29, 0.717) is 161 Å². The Kier molecular flexibility index (Phi) is 26.0. The summed E-state index contributed by atoms with van der Waals surface area (Å²) in [5.41, 5.74) is -9.53. The minimum Gasteiger partial charge on any atom is -0.394 e. The van der Waals surface area contributed by atoms with Gasteiger partial charge >= 0.3 is 0 Å². The first kappa shape index (κ1) is 61.5. The average molecular weight is 895 g/mol. The summed E-state index contributed by atoms with van der Waals surface area (Å²) < 4.78 is 0. The zero-order chi connectivity index (χ0) is 48.4. The highest BCUT2D eigenvalue weighted by Gasteiger charge is 2.33. The van der Waals surface area contributed by atoms with Gasteiger partial charge in [-0.05, 0) is 250 Å². The Morgan fingerprint density at radius 3 is 0.548 bits per heavy atom. The van der Waals surface area contributed by atoms with Gasteiger partial charge in [-0.1, -0.05) is 0 Å². The first-order valence-corrected chi connectivity index (χ1v) is 24.4. The van der Waals surface area contributed by atoms with Crippen molar-refractivity contribution >= 4 is 0 Å². The second-order valence-electron chi connectivity index (χ2n) is 23.5. The summed E-state index contributed by atoms with van der Waals surface area (Å²) in [6.45, 7) is 18.8. The lowest BCUT2D eigenvalue weighted by molar-refractivity contribution is -0.0908. The van der Waals surface area contributed by atoms with Gasteiger partial charge in [0, 0.05) is 0 Å². The molecular formula is C50H102O12. The molecule has 0 aliphatic carbocycles. The smallest absolute Gasteiger partial charge is 0.105 e. The van der Waals surface area contributed by atoms with E-state index in [0.717, 1.165) is 6.42 Å². The Morgan fingerprint density at radius 1 is 0.258 bits per heavy atom. The summed E-state index contributed by atoms with van der Waals surface area (Å²) in [7, 11) is 0. The molecule has 0 amide bonds. The molecule has 10 unspecified atom stereocenters. The fourth-order valence-electron chi connectivity index (χ4n) is 9.04. The number of aliphatic hydroxyl groups excluding tert-OH is 2. The standard InChI is InChI=1S/C50H102O12/c1-41(2,53)21-12-22-42(3,54)23-13-24-43(4,55)25-14-26-44(5,56)27-15-28-45(6,57)29-16-30-46(7,58)31-17-32-47(8,59)33-18-34-48(9,60)35-19-36-49(10,61)37-20-38-50(11,62)40(52)39-51/h40,51-62H,12-39H2,1-11H3. The van der Waals surface area contributed by atoms with E-state index in [1.54, 1.807) is 48.5 Å². The zero-order valence-corrected chi connectivity index (χ0v) is 41.7. The SMILES string of the molecule is CC(C)(O)CCCC(C)(O)CCCC(C)(O)CCCC(C)(O)CCCC(C)(O)CCCC(C)(O)CCCC(C)(O)CCCC(C)(O)CCCC(C)(O)CCCC(C)(O)C(O)CO. The summed E-state index contributed by atoms with van der Waals surface area (Å²) in [5.74, 6) is 0. The quantitative estimate of drug-likeness (QED) is 0.0290. The monoisotopic (exact) mass is 895 g/mol. The van der Waals surface area contributed by atoms with E-state index in [1.165, 1.54) is 6.92 Å². The maximum absolute atomic E-state index is 11.1. The van der Waals surface area contributed by atoms with E-state index < -0.39 is 68.7 Å². The fraction of sp³-hybridized carbons (Fsp3) is 1.00. The molecule has 0 radical (unpaired) electrons. The van der Waals surface area contributed by atoms with Crippen LogP contribution >= 0.6 is 0 Å². The Balaban J connectivity index is 4.44. The largest absolute Gasteiger partial charge is 0.394 e. The fourth-order valence-corrected chi connectivity index (χ4v) is 9.04. The van der Waals surface area contributed by atoms with E-state index in [9.17, 15) is 56.2 Å². The van der Waals surface area contributed by atoms with Gasteiger partial charge in [-0.3, -0.25) is 0 Å². The third-order valence-corrected chi connectivity index (χ3v) is 13.8. The van der Waals surface area contributed by atoms with Crippen LogP contribution in [0.2, 0.25) is 0 Å². The molecule has 0 aromatic rings. The van der Waals surface area contributed by atoms with Crippen molar-refractivity contribution in [2.45, 2.75) is 312 Å². The lowest BCUT2D eigenvalue weighted by Crippen LogP contribution is -2.42. The van der Waals surface area contributed by atoms with Crippen LogP contribution in [0, 0.1) is 0 Å². The summed E-state index contributed by atoms with van der Waals surface area (Å²) in [6, 6.07) is 0. The zero-order valence-electron chi connectivity index (χ0n) is 41.7. The number of aliphatic hydroxyl groups is 12. The highest BCUT2D eigenvalue weighted by Crippen LogP contribution is 2.33. The maximum atomic E-state index is 11.1. The van der Waals surface area contributed by atoms with Crippen LogP contribution in [0.3, 0.4) is 0 Å². The first-order valence-electron chi connectivity index (χ1n) is 24.4. The van der Waals surface area contributed by atoms with Crippen molar-refractivity contribution in [3.05, 3.63) is 0 Å². The van der Waals surface area contributed by atoms with Crippen LogP contribution in [0.4, 0.5) is 0 Å². The lowest BCUT2D eigenvalue weighted by Gasteiger charge is -2.31. The molecule has 0 aromatic heterocycles. The van der Waals surface area contributed by atoms with Gasteiger partial charge in [-0.15, -0.1) is 0 Å². The van der Waals surface area contributed by atoms with E-state index in [2.05, 4.69) is 0 Å². The summed E-state index contributed by atoms with van der Waals surface area (Å²) in [4.78, 5) is 0. The predicted molar refractivity (Wildman–Crippen MR) is 250 cm³/mol. The highest BCUT2D eigenvalue weighted by atomic mass is 16.4. The van der Waals surface area contributed by atoms with Gasteiger partial charge in [0.1, 0.15) is 6.10 Å². The van der Waals surface area contributed by atoms with Crippen molar-refractivity contribution in [3.8, 4) is 0 Å². The van der Waals surface area contributed by atoms with Gasteiger partial charge in [0.25, 0.3) is 0 Å². The van der Waals surface area contributed by atoms with Crippen molar-refractivity contribution in [1.82, 2.24) is 0 Å². The molecule has 0 heterocycles. The predicted octanol–water partition coefficient (Wildman–Crippen LogP) is 7.40. The number of hydrogen-bond donors (Lipinski definition) is 12. The molecular weight excluding hydrogens is 793 g/mol. The molecule has 12 heteroatoms. The molecule has 0 spiro atoms. The van der Waals surface area contributed by atoms with Crippen LogP contribution in [-0.2, 0) is 0 Å². The van der Waals surface area contributed by atoms with E-state index in [4.69, 9.17) is 5.11 Å². The number of rotatable bonds is 38. The maximum Gasteiger partial charge on any atom is 0.105 e. The van der Waals surface area contributed by atoms with Crippen molar-refractivity contribution < 1.29 is 61.3 Å². The van der Waals surface area contributed by atoms with E-state index in [1.807, 2.05) is 20.8 Å². The van der Waals surface area contributed by atoms with Crippen molar-refractivity contribution in [1.29, 1.82) is 0 Å². The molecule has 0 saturated carbocycles. The van der Waals surface area contributed by atoms with Gasteiger partial charge in [-0.2, -0.15) is 0 Å². The molecule has 0 fully saturated rings. The van der Waals surface area contributed by atoms with Gasteiger partial charge in [0.15, 0.2) is 0 Å². The molecule has 12 N–H and O–H groups in total. The minimum atomic E-state index is -1.42. The summed E-state index contributed by atoms with van der Waals surface area (Å²) >= 11 is 0. The van der Waals surface area contributed by atoms with Crippen molar-refractivity contribution in [2.24, 2.45) is 0 Å². The Morgan fingerprint density at radius 2 is 0.403 bits per heavy atom. The van der Waals surface area contributed by atoms with E-state index in [-0.39, 0.29) is 6.42 Å². The molecule has 0 bridgehead atoms. The second-order valence-corrected chi connectivity index (χ2v) is 23.5. The van der Waals surface area contributed by atoms with Crippen LogP contribution in [0.15, 0.2) is 0 Å². The van der Waals surface area contributed by atoms with Crippen molar-refractivity contribution in [3.63, 3.8) is 0 Å². The molecule has 0 aliphatic rings. The van der Waals surface area contributed by atoms with E-state index >= 15 is 0 Å². The van der Waals surface area contributed by atoms with Crippen LogP contribution in [0.5, 0.6) is 0 Å². The lowest BCUT2D eigenvalue weighted by atomic mass is 9.83. The topological polar surface area (TPSA) is 243 Å². The van der Waals surface area contributed by atoms with Crippen molar-refractivity contribution in [2.75, 3.05) is 6.61 Å². The normalized spacial score (nSPS) is 22.1. The summed E-state index contributed by atoms with van der Waals surface area (Å²) in [6.07, 6.45) is 13.7. The third kappa shape index (κ3) is 32.2. The van der Waals surface area contributed by atoms with Crippen LogP contribution in [-0.4, -0.2) is 130 Å². The Hall–Kier alpha value is -0.480. The van der Waals surface area contributed by atoms with Crippen LogP contribution < -0.4 is 0 Å². The van der Waals surface area contributed by atoms with Crippen LogP contribution in [0.25, 0.3) is 0 Å². The number of hydrogen-bond acceptors (Lipinski definition) is 12. The van der Waals surface area contributed by atoms with Gasteiger partial charge in [0.2, 0.25) is 0 Å². The van der Waals surface area contributed by atoms with Gasteiger partial charge in [0.05, 0.1) is 62.6 Å². The van der Waals surface area contributed by atoms with Crippen LogP contribution in [0.1, 0.15) is 250 Å². The molecule has 0 saturated heterocycles. The molecule has 12 nitrogen and oxygen atoms in total. The third-order valence-electron chi connectivity index (χ3n) is 13.8. The highest BCUT2D eigenvalue weighted by molar-refractivity contribution is 4.86.